The fraction of sp³-hybridized carbons (Fsp3) is 0.300. The van der Waals surface area contributed by atoms with Gasteiger partial charge in [-0.05, 0) is 48.6 Å². The van der Waals surface area contributed by atoms with Gasteiger partial charge in [-0.3, -0.25) is 9.59 Å². The average Bonchev–Trinajstić information content (AvgIpc) is 2.60. The van der Waals surface area contributed by atoms with Gasteiger partial charge >= 0.3 is 5.97 Å². The van der Waals surface area contributed by atoms with E-state index in [9.17, 15) is 9.59 Å². The molecule has 0 aliphatic carbocycles. The van der Waals surface area contributed by atoms with Gasteiger partial charge in [-0.15, -0.1) is 0 Å². The summed E-state index contributed by atoms with van der Waals surface area (Å²) in [6.07, 6.45) is 2.08. The summed E-state index contributed by atoms with van der Waals surface area (Å²) in [5, 5.41) is 11.9. The third-order valence-corrected chi connectivity index (χ3v) is 4.11. The quantitative estimate of drug-likeness (QED) is 0.808. The lowest BCUT2D eigenvalue weighted by Gasteiger charge is -2.10. The number of anilines is 1. The maximum atomic E-state index is 12.1. The second-order valence-electron chi connectivity index (χ2n) is 5.90. The van der Waals surface area contributed by atoms with E-state index >= 15 is 0 Å². The molecule has 0 aliphatic rings. The Labute approximate surface area is 142 Å². The summed E-state index contributed by atoms with van der Waals surface area (Å²) >= 11 is 0. The highest BCUT2D eigenvalue weighted by molar-refractivity contribution is 5.91. The molecule has 126 valence electrons. The number of rotatable bonds is 7. The summed E-state index contributed by atoms with van der Waals surface area (Å²) in [6, 6.07) is 15.3. The smallest absolute Gasteiger partial charge is 0.310 e. The zero-order chi connectivity index (χ0) is 17.5. The first-order valence-corrected chi connectivity index (χ1v) is 8.20. The number of carboxylic acid groups (broad SMARTS) is 1. The van der Waals surface area contributed by atoms with Crippen molar-refractivity contribution in [3.05, 3.63) is 65.2 Å². The van der Waals surface area contributed by atoms with Gasteiger partial charge in [0.25, 0.3) is 0 Å². The van der Waals surface area contributed by atoms with Crippen LogP contribution in [0.25, 0.3) is 0 Å². The van der Waals surface area contributed by atoms with Crippen LogP contribution in [0.4, 0.5) is 5.69 Å². The molecule has 0 aliphatic heterocycles. The van der Waals surface area contributed by atoms with Crippen molar-refractivity contribution in [3.8, 4) is 0 Å². The third-order valence-electron chi connectivity index (χ3n) is 4.11. The second kappa shape index (κ2) is 8.29. The number of carbonyl (C=O) groups is 2. The lowest BCUT2D eigenvalue weighted by molar-refractivity contribution is -0.138. The van der Waals surface area contributed by atoms with Crippen molar-refractivity contribution in [2.75, 3.05) is 5.32 Å². The SMILES string of the molecule is CCc1ccc(CCC(=O)Nc2cccc(C(C)C(=O)O)c2)cc1. The molecule has 1 atom stereocenters. The van der Waals surface area contributed by atoms with E-state index in [0.717, 1.165) is 12.0 Å². The molecule has 0 bridgehead atoms. The minimum Gasteiger partial charge on any atom is -0.481 e. The molecule has 0 aromatic heterocycles. The highest BCUT2D eigenvalue weighted by Crippen LogP contribution is 2.19. The van der Waals surface area contributed by atoms with E-state index in [0.29, 0.717) is 24.1 Å². The molecular formula is C20H23NO3. The van der Waals surface area contributed by atoms with E-state index in [2.05, 4.69) is 36.5 Å². The average molecular weight is 325 g/mol. The van der Waals surface area contributed by atoms with Gasteiger partial charge in [-0.2, -0.15) is 0 Å². The fourth-order valence-electron chi connectivity index (χ4n) is 2.45. The highest BCUT2D eigenvalue weighted by atomic mass is 16.4. The van der Waals surface area contributed by atoms with Crippen LogP contribution in [0, 0.1) is 0 Å². The van der Waals surface area contributed by atoms with Crippen LogP contribution >= 0.6 is 0 Å². The predicted molar refractivity (Wildman–Crippen MR) is 95.3 cm³/mol. The van der Waals surface area contributed by atoms with Crippen molar-refractivity contribution in [1.29, 1.82) is 0 Å². The van der Waals surface area contributed by atoms with Gasteiger partial charge in [-0.1, -0.05) is 43.3 Å². The molecule has 0 spiro atoms. The van der Waals surface area contributed by atoms with Gasteiger partial charge in [-0.25, -0.2) is 0 Å². The van der Waals surface area contributed by atoms with E-state index < -0.39 is 11.9 Å². The summed E-state index contributed by atoms with van der Waals surface area (Å²) in [7, 11) is 0. The van der Waals surface area contributed by atoms with Crippen molar-refractivity contribution in [2.45, 2.75) is 39.0 Å². The molecule has 1 amide bonds. The number of aryl methyl sites for hydroxylation is 2. The van der Waals surface area contributed by atoms with E-state index in [4.69, 9.17) is 5.11 Å². The van der Waals surface area contributed by atoms with Crippen molar-refractivity contribution < 1.29 is 14.7 Å². The lowest BCUT2D eigenvalue weighted by Crippen LogP contribution is -2.13. The van der Waals surface area contributed by atoms with Crippen molar-refractivity contribution in [3.63, 3.8) is 0 Å². The predicted octanol–water partition coefficient (Wildman–Crippen LogP) is 4.01. The number of hydrogen-bond acceptors (Lipinski definition) is 2. The Hall–Kier alpha value is -2.62. The van der Waals surface area contributed by atoms with Crippen LogP contribution in [0.2, 0.25) is 0 Å². The third kappa shape index (κ3) is 4.95. The molecule has 2 N–H and O–H groups in total. The zero-order valence-corrected chi connectivity index (χ0v) is 14.1. The van der Waals surface area contributed by atoms with E-state index in [1.165, 1.54) is 5.56 Å². The van der Waals surface area contributed by atoms with Crippen LogP contribution in [0.3, 0.4) is 0 Å². The molecule has 1 unspecified atom stereocenters. The monoisotopic (exact) mass is 325 g/mol. The maximum Gasteiger partial charge on any atom is 0.310 e. The summed E-state index contributed by atoms with van der Waals surface area (Å²) in [6.45, 7) is 3.74. The van der Waals surface area contributed by atoms with E-state index in [1.54, 1.807) is 31.2 Å². The molecule has 0 radical (unpaired) electrons. The van der Waals surface area contributed by atoms with Crippen LogP contribution < -0.4 is 5.32 Å². The van der Waals surface area contributed by atoms with Gasteiger partial charge < -0.3 is 10.4 Å². The molecule has 24 heavy (non-hydrogen) atoms. The Morgan fingerprint density at radius 1 is 1.08 bits per heavy atom. The summed E-state index contributed by atoms with van der Waals surface area (Å²) in [5.41, 5.74) is 3.73. The molecule has 4 nitrogen and oxygen atoms in total. The maximum absolute atomic E-state index is 12.1. The minimum absolute atomic E-state index is 0.0744. The first-order valence-electron chi connectivity index (χ1n) is 8.20. The first-order chi connectivity index (χ1) is 11.5. The number of aliphatic carboxylic acids is 1. The summed E-state index contributed by atoms with van der Waals surface area (Å²) in [4.78, 5) is 23.1. The molecule has 4 heteroatoms. The Kier molecular flexibility index (Phi) is 6.13. The van der Waals surface area contributed by atoms with Crippen molar-refractivity contribution >= 4 is 17.6 Å². The second-order valence-corrected chi connectivity index (χ2v) is 5.90. The number of amides is 1. The van der Waals surface area contributed by atoms with Gasteiger partial charge in [0.15, 0.2) is 0 Å². The number of carbonyl (C=O) groups excluding carboxylic acids is 1. The topological polar surface area (TPSA) is 66.4 Å². The molecule has 0 saturated carbocycles. The Morgan fingerprint density at radius 2 is 1.75 bits per heavy atom. The first kappa shape index (κ1) is 17.7. The van der Waals surface area contributed by atoms with Crippen molar-refractivity contribution in [2.24, 2.45) is 0 Å². The van der Waals surface area contributed by atoms with E-state index in [1.807, 2.05) is 0 Å². The number of nitrogens with one attached hydrogen (secondary N) is 1. The highest BCUT2D eigenvalue weighted by Gasteiger charge is 2.14. The van der Waals surface area contributed by atoms with Crippen LogP contribution in [0.15, 0.2) is 48.5 Å². The van der Waals surface area contributed by atoms with Crippen LogP contribution in [-0.2, 0) is 22.4 Å². The summed E-state index contributed by atoms with van der Waals surface area (Å²) in [5.74, 6) is -1.55. The van der Waals surface area contributed by atoms with E-state index in [-0.39, 0.29) is 5.91 Å². The van der Waals surface area contributed by atoms with Crippen LogP contribution in [0.5, 0.6) is 0 Å². The number of benzene rings is 2. The van der Waals surface area contributed by atoms with Gasteiger partial charge in [0.2, 0.25) is 5.91 Å². The van der Waals surface area contributed by atoms with Gasteiger partial charge in [0, 0.05) is 12.1 Å². The van der Waals surface area contributed by atoms with Crippen LogP contribution in [0.1, 0.15) is 42.9 Å². The molecule has 0 fully saturated rings. The summed E-state index contributed by atoms with van der Waals surface area (Å²) < 4.78 is 0. The Bertz CT molecular complexity index is 707. The number of hydrogen-bond donors (Lipinski definition) is 2. The molecule has 2 aromatic rings. The molecule has 2 rings (SSSR count). The van der Waals surface area contributed by atoms with Gasteiger partial charge in [0.05, 0.1) is 5.92 Å². The molecule has 2 aromatic carbocycles. The largest absolute Gasteiger partial charge is 0.481 e. The number of carboxylic acids is 1. The Balaban J connectivity index is 1.92. The zero-order valence-electron chi connectivity index (χ0n) is 14.1. The molecule has 0 heterocycles. The fourth-order valence-corrected chi connectivity index (χ4v) is 2.45. The Morgan fingerprint density at radius 3 is 2.38 bits per heavy atom. The molecule has 0 saturated heterocycles. The normalized spacial score (nSPS) is 11.8. The minimum atomic E-state index is -0.881. The van der Waals surface area contributed by atoms with Crippen molar-refractivity contribution in [1.82, 2.24) is 0 Å². The molecular weight excluding hydrogens is 302 g/mol. The van der Waals surface area contributed by atoms with Gasteiger partial charge in [0.1, 0.15) is 0 Å². The van der Waals surface area contributed by atoms with Crippen LogP contribution in [-0.4, -0.2) is 17.0 Å². The lowest BCUT2D eigenvalue weighted by atomic mass is 10.0. The standard InChI is InChI=1S/C20H23NO3/c1-3-15-7-9-16(10-8-15)11-12-19(22)21-18-6-4-5-17(13-18)14(2)20(23)24/h4-10,13-14H,3,11-12H2,1-2H3,(H,21,22)(H,23,24).